The Hall–Kier alpha value is -4.39. The molecule has 0 spiro atoms. The van der Waals surface area contributed by atoms with Gasteiger partial charge in [0.2, 0.25) is 0 Å². The van der Waals surface area contributed by atoms with Crippen molar-refractivity contribution >= 4 is 17.0 Å². The zero-order chi connectivity index (χ0) is 28.6. The van der Waals surface area contributed by atoms with Gasteiger partial charge in [-0.2, -0.15) is 5.26 Å². The van der Waals surface area contributed by atoms with Gasteiger partial charge in [-0.15, -0.1) is 0 Å². The van der Waals surface area contributed by atoms with Gasteiger partial charge < -0.3 is 23.9 Å². The first kappa shape index (κ1) is 26.5. The van der Waals surface area contributed by atoms with Crippen molar-refractivity contribution in [2.75, 3.05) is 26.3 Å². The Morgan fingerprint density at radius 1 is 1.07 bits per heavy atom. The molecule has 3 aliphatic heterocycles. The number of hydrogen-bond donors (Lipinski definition) is 1. The van der Waals surface area contributed by atoms with Crippen LogP contribution in [0.4, 0.5) is 0 Å². The number of carbonyl (C=O) groups is 1. The van der Waals surface area contributed by atoms with Crippen molar-refractivity contribution in [2.24, 2.45) is 0 Å². The summed E-state index contributed by atoms with van der Waals surface area (Å²) in [5.74, 6) is 1.99. The number of ether oxygens (including phenoxy) is 3. The van der Waals surface area contributed by atoms with Crippen molar-refractivity contribution in [3.05, 3.63) is 88.7 Å². The van der Waals surface area contributed by atoms with E-state index in [0.717, 1.165) is 72.9 Å². The van der Waals surface area contributed by atoms with Gasteiger partial charge in [0.1, 0.15) is 12.4 Å². The van der Waals surface area contributed by atoms with Crippen LogP contribution in [0.1, 0.15) is 64.2 Å². The first-order valence-electron chi connectivity index (χ1n) is 14.5. The molecule has 2 saturated heterocycles. The lowest BCUT2D eigenvalue weighted by Crippen LogP contribution is -2.35. The molecule has 0 saturated carbocycles. The van der Waals surface area contributed by atoms with Crippen molar-refractivity contribution in [1.29, 1.82) is 5.26 Å². The zero-order valence-electron chi connectivity index (χ0n) is 23.2. The van der Waals surface area contributed by atoms with Crippen LogP contribution in [0.2, 0.25) is 0 Å². The highest BCUT2D eigenvalue weighted by Gasteiger charge is 2.30. The maximum atomic E-state index is 11.6. The topological polar surface area (TPSA) is 110 Å². The Kier molecular flexibility index (Phi) is 7.02. The lowest BCUT2D eigenvalue weighted by molar-refractivity contribution is -0.0592. The van der Waals surface area contributed by atoms with Crippen molar-refractivity contribution in [2.45, 2.75) is 50.5 Å². The summed E-state index contributed by atoms with van der Waals surface area (Å²) in [6, 6.07) is 20.9. The number of piperidine rings is 1. The predicted octanol–water partition coefficient (Wildman–Crippen LogP) is 5.29. The van der Waals surface area contributed by atoms with E-state index in [4.69, 9.17) is 24.5 Å². The summed E-state index contributed by atoms with van der Waals surface area (Å²) >= 11 is 0. The molecule has 1 N–H and O–H groups in total. The lowest BCUT2D eigenvalue weighted by Gasteiger charge is -2.35. The molecule has 0 amide bonds. The van der Waals surface area contributed by atoms with Crippen LogP contribution in [0.5, 0.6) is 11.5 Å². The molecule has 2 unspecified atom stereocenters. The molecular weight excluding hydrogens is 532 g/mol. The van der Waals surface area contributed by atoms with E-state index >= 15 is 0 Å². The summed E-state index contributed by atoms with van der Waals surface area (Å²) in [6.07, 6.45) is 2.92. The third kappa shape index (κ3) is 5.08. The van der Waals surface area contributed by atoms with E-state index in [1.54, 1.807) is 18.2 Å². The second kappa shape index (κ2) is 11.1. The first-order chi connectivity index (χ1) is 20.6. The van der Waals surface area contributed by atoms with E-state index in [1.807, 2.05) is 36.4 Å². The number of imidazole rings is 1. The number of fused-ring (bicyclic) bond motifs is 2. The number of hydrogen-bond acceptors (Lipinski definition) is 7. The van der Waals surface area contributed by atoms with Crippen LogP contribution in [0.15, 0.2) is 60.7 Å². The molecule has 1 aromatic heterocycles. The van der Waals surface area contributed by atoms with Crippen LogP contribution in [0.25, 0.3) is 11.0 Å². The number of likely N-dealkylation sites (tertiary alicyclic amines) is 1. The predicted molar refractivity (Wildman–Crippen MR) is 155 cm³/mol. The van der Waals surface area contributed by atoms with E-state index in [-0.39, 0.29) is 17.8 Å². The molecule has 9 nitrogen and oxygen atoms in total. The Bertz CT molecular complexity index is 1660. The second-order valence-corrected chi connectivity index (χ2v) is 11.3. The maximum absolute atomic E-state index is 11.6. The van der Waals surface area contributed by atoms with Gasteiger partial charge in [-0.3, -0.25) is 4.90 Å². The first-order valence-corrected chi connectivity index (χ1v) is 14.5. The highest BCUT2D eigenvalue weighted by atomic mass is 16.6. The summed E-state index contributed by atoms with van der Waals surface area (Å²) in [6.45, 7) is 4.44. The van der Waals surface area contributed by atoms with Crippen molar-refractivity contribution in [3.8, 4) is 17.6 Å². The normalized spacial score (nSPS) is 20.6. The summed E-state index contributed by atoms with van der Waals surface area (Å²) < 4.78 is 20.5. The lowest BCUT2D eigenvalue weighted by atomic mass is 9.88. The summed E-state index contributed by atoms with van der Waals surface area (Å²) in [5, 5.41) is 18.6. The van der Waals surface area contributed by atoms with Gasteiger partial charge >= 0.3 is 5.97 Å². The number of carboxylic acid groups (broad SMARTS) is 1. The number of carboxylic acids is 1. The third-order valence-electron chi connectivity index (χ3n) is 8.72. The fraction of sp³-hybridized carbons (Fsp3) is 0.364. The molecule has 7 rings (SSSR count). The minimum absolute atomic E-state index is 0.142. The van der Waals surface area contributed by atoms with E-state index in [1.165, 1.54) is 5.56 Å². The fourth-order valence-corrected chi connectivity index (χ4v) is 6.25. The molecule has 2 fully saturated rings. The van der Waals surface area contributed by atoms with Crippen LogP contribution in [-0.4, -0.2) is 57.9 Å². The van der Waals surface area contributed by atoms with E-state index < -0.39 is 5.97 Å². The number of aromatic nitrogens is 2. The van der Waals surface area contributed by atoms with Crippen LogP contribution in [0, 0.1) is 11.3 Å². The molecule has 9 heteroatoms. The minimum Gasteiger partial charge on any atom is -0.485 e. The standard InChI is InChI=1S/C33H32N4O5/c34-17-21-4-6-23(7-5-21)30-20-41-32-26(2-1-3-29(32)42-30)22-10-13-36(14-11-22)19-31-35-27-9-8-24(33(38)39)16-28(27)37(31)18-25-12-15-40-25/h1-9,16,22,25,30H,10-15,18-20H2,(H,38,39). The summed E-state index contributed by atoms with van der Waals surface area (Å²) in [5.41, 5.74) is 4.75. The third-order valence-corrected chi connectivity index (χ3v) is 8.72. The van der Waals surface area contributed by atoms with Crippen LogP contribution < -0.4 is 9.47 Å². The Labute approximate surface area is 243 Å². The average molecular weight is 565 g/mol. The molecule has 0 bridgehead atoms. The highest BCUT2D eigenvalue weighted by molar-refractivity contribution is 5.92. The zero-order valence-corrected chi connectivity index (χ0v) is 23.2. The Morgan fingerprint density at radius 3 is 2.60 bits per heavy atom. The number of nitriles is 1. The van der Waals surface area contributed by atoms with E-state index in [0.29, 0.717) is 31.2 Å². The molecule has 3 aromatic carbocycles. The van der Waals surface area contributed by atoms with Gasteiger partial charge in [0.05, 0.1) is 47.4 Å². The van der Waals surface area contributed by atoms with Crippen molar-refractivity contribution < 1.29 is 24.1 Å². The number of aromatic carboxylic acids is 1. The van der Waals surface area contributed by atoms with Crippen LogP contribution in [-0.2, 0) is 17.8 Å². The minimum atomic E-state index is -0.935. The quantitative estimate of drug-likeness (QED) is 0.323. The van der Waals surface area contributed by atoms with Gasteiger partial charge in [0.15, 0.2) is 17.6 Å². The smallest absolute Gasteiger partial charge is 0.335 e. The molecule has 4 heterocycles. The average Bonchev–Trinajstić information content (AvgIpc) is 3.34. The molecule has 2 atom stereocenters. The summed E-state index contributed by atoms with van der Waals surface area (Å²) in [4.78, 5) is 19.0. The van der Waals surface area contributed by atoms with Crippen molar-refractivity contribution in [1.82, 2.24) is 14.5 Å². The Balaban J connectivity index is 1.04. The van der Waals surface area contributed by atoms with E-state index in [9.17, 15) is 9.90 Å². The SMILES string of the molecule is N#Cc1ccc(C2COc3c(cccc3C3CCN(Cc4nc5ccc(C(=O)O)cc5n4CC4CCO4)CC3)O2)cc1. The fourth-order valence-electron chi connectivity index (χ4n) is 6.25. The van der Waals surface area contributed by atoms with Gasteiger partial charge in [-0.25, -0.2) is 9.78 Å². The Morgan fingerprint density at radius 2 is 1.88 bits per heavy atom. The molecular formula is C33H32N4O5. The highest BCUT2D eigenvalue weighted by Crippen LogP contribution is 2.44. The number of benzene rings is 3. The number of rotatable bonds is 7. The number of nitrogens with zero attached hydrogens (tertiary/aromatic N) is 4. The molecule has 3 aliphatic rings. The van der Waals surface area contributed by atoms with Gasteiger partial charge in [-0.05, 0) is 80.2 Å². The van der Waals surface area contributed by atoms with Crippen LogP contribution >= 0.6 is 0 Å². The molecule has 214 valence electrons. The molecule has 42 heavy (non-hydrogen) atoms. The monoisotopic (exact) mass is 564 g/mol. The molecule has 4 aromatic rings. The van der Waals surface area contributed by atoms with E-state index in [2.05, 4.69) is 21.6 Å². The molecule has 0 aliphatic carbocycles. The summed E-state index contributed by atoms with van der Waals surface area (Å²) in [7, 11) is 0. The van der Waals surface area contributed by atoms with Crippen molar-refractivity contribution in [3.63, 3.8) is 0 Å². The van der Waals surface area contributed by atoms with Gasteiger partial charge in [-0.1, -0.05) is 24.3 Å². The molecule has 0 radical (unpaired) electrons. The number of para-hydroxylation sites is 1. The van der Waals surface area contributed by atoms with Gasteiger partial charge in [0.25, 0.3) is 0 Å². The largest absolute Gasteiger partial charge is 0.485 e. The maximum Gasteiger partial charge on any atom is 0.335 e. The second-order valence-electron chi connectivity index (χ2n) is 11.3. The van der Waals surface area contributed by atoms with Crippen LogP contribution in [0.3, 0.4) is 0 Å². The van der Waals surface area contributed by atoms with Gasteiger partial charge in [0, 0.05) is 12.2 Å².